The van der Waals surface area contributed by atoms with Crippen molar-refractivity contribution in [3.05, 3.63) is 83.6 Å². The average molecular weight is 573 g/mol. The molecule has 0 bridgehead atoms. The summed E-state index contributed by atoms with van der Waals surface area (Å²) in [5.41, 5.74) is 2.26. The fourth-order valence-corrected chi connectivity index (χ4v) is 6.63. The molecule has 5 aromatic rings. The second-order valence-electron chi connectivity index (χ2n) is 11.5. The molecule has 8 rings (SSSR count). The summed E-state index contributed by atoms with van der Waals surface area (Å²) < 4.78 is 62.8. The number of aromatic amines is 2. The predicted octanol–water partition coefficient (Wildman–Crippen LogP) is 7.33. The summed E-state index contributed by atoms with van der Waals surface area (Å²) in [5.74, 6) is -7.26. The molecule has 10 heteroatoms. The number of nitrogens with zero attached hydrogens (tertiary/aromatic N) is 2. The van der Waals surface area contributed by atoms with Gasteiger partial charge in [0.2, 0.25) is 0 Å². The summed E-state index contributed by atoms with van der Waals surface area (Å²) in [6.07, 6.45) is 5.66. The second kappa shape index (κ2) is 9.24. The van der Waals surface area contributed by atoms with Gasteiger partial charge in [-0.05, 0) is 85.3 Å². The first-order valence-electron chi connectivity index (χ1n) is 14.4. The van der Waals surface area contributed by atoms with E-state index in [2.05, 4.69) is 30.6 Å². The number of benzene rings is 3. The van der Waals surface area contributed by atoms with Crippen molar-refractivity contribution in [2.75, 3.05) is 13.1 Å². The van der Waals surface area contributed by atoms with Gasteiger partial charge in [0, 0.05) is 22.9 Å². The van der Waals surface area contributed by atoms with E-state index >= 15 is 17.6 Å². The first kappa shape index (κ1) is 25.7. The quantitative estimate of drug-likeness (QED) is 0.170. The van der Waals surface area contributed by atoms with Crippen LogP contribution >= 0.6 is 0 Å². The van der Waals surface area contributed by atoms with Crippen molar-refractivity contribution < 1.29 is 17.6 Å². The lowest BCUT2D eigenvalue weighted by atomic mass is 9.78. The van der Waals surface area contributed by atoms with Gasteiger partial charge in [0.1, 0.15) is 11.6 Å². The number of halogens is 4. The lowest BCUT2D eigenvalue weighted by molar-refractivity contribution is -0.225. The Morgan fingerprint density at radius 2 is 1.26 bits per heavy atom. The molecule has 1 aliphatic carbocycles. The Kier molecular flexibility index (Phi) is 5.65. The van der Waals surface area contributed by atoms with Crippen LogP contribution in [0.25, 0.3) is 44.5 Å². The molecule has 0 spiro atoms. The first-order valence-corrected chi connectivity index (χ1v) is 14.4. The molecule has 0 saturated carbocycles. The Hall–Kier alpha value is -4.02. The average Bonchev–Trinajstić information content (AvgIpc) is 3.81. The van der Waals surface area contributed by atoms with Crippen molar-refractivity contribution in [1.29, 1.82) is 0 Å². The fraction of sp³-hybridized carbons (Fsp3) is 0.312. The van der Waals surface area contributed by atoms with Gasteiger partial charge in [0.05, 0.1) is 28.8 Å². The Bertz CT molecular complexity index is 1830. The number of imidazole rings is 2. The monoisotopic (exact) mass is 572 g/mol. The lowest BCUT2D eigenvalue weighted by Crippen LogP contribution is -2.39. The van der Waals surface area contributed by atoms with E-state index in [0.717, 1.165) is 67.5 Å². The highest BCUT2D eigenvalue weighted by molar-refractivity contribution is 5.85. The van der Waals surface area contributed by atoms with Gasteiger partial charge in [-0.3, -0.25) is 0 Å². The number of rotatable bonds is 4. The van der Waals surface area contributed by atoms with E-state index in [1.807, 2.05) is 12.1 Å². The molecule has 6 nitrogen and oxygen atoms in total. The van der Waals surface area contributed by atoms with Gasteiger partial charge in [-0.1, -0.05) is 30.3 Å². The number of aromatic nitrogens is 4. The van der Waals surface area contributed by atoms with Crippen LogP contribution in [0, 0.1) is 0 Å². The third-order valence-electron chi connectivity index (χ3n) is 8.91. The minimum Gasteiger partial charge on any atom is -0.347 e. The number of hydrogen-bond donors (Lipinski definition) is 4. The third-order valence-corrected chi connectivity index (χ3v) is 8.91. The van der Waals surface area contributed by atoms with Gasteiger partial charge in [-0.2, -0.15) is 17.6 Å². The Morgan fingerprint density at radius 3 is 1.93 bits per heavy atom. The van der Waals surface area contributed by atoms with E-state index in [1.54, 1.807) is 24.4 Å². The van der Waals surface area contributed by atoms with Gasteiger partial charge >= 0.3 is 11.8 Å². The zero-order valence-electron chi connectivity index (χ0n) is 22.6. The standard InChI is InChI=1S/C32H28F4N6/c33-31(34)22-13-17(18-7-10-24-27(15-18)41-30(40-24)26-4-2-12-38-26)5-8-20(22)21-9-6-19(14-23(21)32(31,35)36)28-16-39-29(42-28)25-3-1-11-37-25/h5-10,13-16,25-26,37-38H,1-4,11-12H2,(H,39,42)(H,40,41)/t25-,26+/m1/s1. The minimum atomic E-state index is -4.41. The normalized spacial score (nSPS) is 22.4. The number of alkyl halides is 4. The van der Waals surface area contributed by atoms with Crippen LogP contribution in [0.1, 0.15) is 60.5 Å². The van der Waals surface area contributed by atoms with Crippen molar-refractivity contribution in [2.45, 2.75) is 49.6 Å². The summed E-state index contributed by atoms with van der Waals surface area (Å²) in [4.78, 5) is 15.7. The van der Waals surface area contributed by atoms with E-state index in [0.29, 0.717) is 22.4 Å². The maximum Gasteiger partial charge on any atom is 0.340 e. The molecule has 0 radical (unpaired) electrons. The summed E-state index contributed by atoms with van der Waals surface area (Å²) in [6.45, 7) is 1.83. The molecule has 2 fully saturated rings. The molecule has 2 aromatic heterocycles. The molecule has 42 heavy (non-hydrogen) atoms. The molecule has 4 N–H and O–H groups in total. The highest BCUT2D eigenvalue weighted by Crippen LogP contribution is 2.58. The molecule has 4 heterocycles. The molecule has 214 valence electrons. The van der Waals surface area contributed by atoms with E-state index in [4.69, 9.17) is 0 Å². The SMILES string of the molecule is FC1(F)c2cc(-c3ccc4nc([C@@H]5CCCN5)[nH]c4c3)ccc2-c2ccc(-c3c[nH]c([C@H]4CCCN4)n3)cc2C1(F)F. The topological polar surface area (TPSA) is 81.4 Å². The summed E-state index contributed by atoms with van der Waals surface area (Å²) in [5, 5.41) is 6.75. The number of nitrogens with one attached hydrogen (secondary N) is 4. The largest absolute Gasteiger partial charge is 0.347 e. The minimum absolute atomic E-state index is 0.0727. The van der Waals surface area contributed by atoms with E-state index in [1.165, 1.54) is 18.2 Å². The maximum atomic E-state index is 15.7. The smallest absolute Gasteiger partial charge is 0.340 e. The molecular weight excluding hydrogens is 544 g/mol. The van der Waals surface area contributed by atoms with Crippen molar-refractivity contribution in [1.82, 2.24) is 30.6 Å². The summed E-state index contributed by atoms with van der Waals surface area (Å²) in [7, 11) is 0. The summed E-state index contributed by atoms with van der Waals surface area (Å²) in [6, 6.07) is 14.4. The molecule has 2 atom stereocenters. The Labute approximate surface area is 239 Å². The zero-order chi connectivity index (χ0) is 28.6. The molecule has 3 aromatic carbocycles. The van der Waals surface area contributed by atoms with E-state index in [-0.39, 0.29) is 23.2 Å². The van der Waals surface area contributed by atoms with Gasteiger partial charge < -0.3 is 20.6 Å². The van der Waals surface area contributed by atoms with Crippen molar-refractivity contribution >= 4 is 11.0 Å². The van der Waals surface area contributed by atoms with Crippen molar-refractivity contribution in [3.8, 4) is 33.5 Å². The molecule has 0 unspecified atom stereocenters. The van der Waals surface area contributed by atoms with Gasteiger partial charge in [-0.15, -0.1) is 0 Å². The number of hydrogen-bond acceptors (Lipinski definition) is 4. The highest BCUT2D eigenvalue weighted by atomic mass is 19.3. The third kappa shape index (κ3) is 3.85. The van der Waals surface area contributed by atoms with Crippen LogP contribution in [0.4, 0.5) is 17.6 Å². The lowest BCUT2D eigenvalue weighted by Gasteiger charge is -2.35. The molecular formula is C32H28F4N6. The number of fused-ring (bicyclic) bond motifs is 4. The van der Waals surface area contributed by atoms with Gasteiger partial charge in [-0.25, -0.2) is 9.97 Å². The van der Waals surface area contributed by atoms with Crippen molar-refractivity contribution in [2.24, 2.45) is 0 Å². The molecule has 2 saturated heterocycles. The molecule has 3 aliphatic rings. The highest BCUT2D eigenvalue weighted by Gasteiger charge is 2.62. The second-order valence-corrected chi connectivity index (χ2v) is 11.5. The van der Waals surface area contributed by atoms with Crippen LogP contribution in [0.5, 0.6) is 0 Å². The van der Waals surface area contributed by atoms with Crippen LogP contribution in [-0.2, 0) is 11.8 Å². The Balaban J connectivity index is 1.18. The number of H-pyrrole nitrogens is 2. The van der Waals surface area contributed by atoms with Gasteiger partial charge in [0.25, 0.3) is 0 Å². The van der Waals surface area contributed by atoms with Crippen molar-refractivity contribution in [3.63, 3.8) is 0 Å². The van der Waals surface area contributed by atoms with E-state index < -0.39 is 23.0 Å². The first-order chi connectivity index (χ1) is 20.3. The van der Waals surface area contributed by atoms with Crippen LogP contribution < -0.4 is 10.6 Å². The van der Waals surface area contributed by atoms with Gasteiger partial charge in [0.15, 0.2) is 0 Å². The maximum absolute atomic E-state index is 15.7. The van der Waals surface area contributed by atoms with Crippen LogP contribution in [0.2, 0.25) is 0 Å². The van der Waals surface area contributed by atoms with Crippen LogP contribution in [-0.4, -0.2) is 33.0 Å². The Morgan fingerprint density at radius 1 is 0.667 bits per heavy atom. The molecule has 0 amide bonds. The molecule has 2 aliphatic heterocycles. The van der Waals surface area contributed by atoms with Crippen LogP contribution in [0.15, 0.2) is 60.8 Å². The van der Waals surface area contributed by atoms with E-state index in [9.17, 15) is 0 Å². The van der Waals surface area contributed by atoms with Crippen LogP contribution in [0.3, 0.4) is 0 Å². The summed E-state index contributed by atoms with van der Waals surface area (Å²) >= 11 is 0. The fourth-order valence-electron chi connectivity index (χ4n) is 6.63. The zero-order valence-corrected chi connectivity index (χ0v) is 22.6. The predicted molar refractivity (Wildman–Crippen MR) is 152 cm³/mol.